The summed E-state index contributed by atoms with van der Waals surface area (Å²) < 4.78 is 2.09. The van der Waals surface area contributed by atoms with E-state index in [9.17, 15) is 9.90 Å². The highest BCUT2D eigenvalue weighted by molar-refractivity contribution is 5.74. The number of H-pyrrole nitrogens is 1. The minimum Gasteiger partial charge on any atom is -0.465 e. The number of fused-ring (bicyclic) bond motifs is 3. The Bertz CT molecular complexity index is 852. The molecule has 3 aromatic rings. The lowest BCUT2D eigenvalue weighted by molar-refractivity contribution is 0.117. The van der Waals surface area contributed by atoms with Crippen LogP contribution in [0.5, 0.6) is 0 Å². The molecule has 22 heavy (non-hydrogen) atoms. The number of carboxylic acid groups (broad SMARTS) is 1. The molecule has 1 saturated heterocycles. The van der Waals surface area contributed by atoms with E-state index in [2.05, 4.69) is 26.3 Å². The number of carbonyl (C=O) groups is 1. The van der Waals surface area contributed by atoms with Crippen molar-refractivity contribution in [2.75, 3.05) is 13.1 Å². The summed E-state index contributed by atoms with van der Waals surface area (Å²) in [6, 6.07) is 1.98. The lowest BCUT2D eigenvalue weighted by Crippen LogP contribution is -2.41. The summed E-state index contributed by atoms with van der Waals surface area (Å²) in [6.07, 6.45) is 5.47. The van der Waals surface area contributed by atoms with E-state index < -0.39 is 6.09 Å². The summed E-state index contributed by atoms with van der Waals surface area (Å²) in [7, 11) is 0. The zero-order valence-corrected chi connectivity index (χ0v) is 12.2. The standard InChI is InChI=1S/C15H17N5O2/c1-9-3-5-19(15(21)22)8-10(9)12-6-17-13-7-18-14-11(20(12)13)2-4-16-14/h2,4,6-7,9-10,16H,3,5,8H2,1H3,(H,21,22). The van der Waals surface area contributed by atoms with E-state index in [0.29, 0.717) is 19.0 Å². The first-order valence-electron chi connectivity index (χ1n) is 7.42. The third kappa shape index (κ3) is 1.85. The van der Waals surface area contributed by atoms with Gasteiger partial charge >= 0.3 is 6.09 Å². The molecule has 2 unspecified atom stereocenters. The molecule has 0 aromatic carbocycles. The Labute approximate surface area is 126 Å². The summed E-state index contributed by atoms with van der Waals surface area (Å²) in [4.78, 5) is 24.7. The van der Waals surface area contributed by atoms with E-state index in [1.807, 2.05) is 18.5 Å². The average molecular weight is 299 g/mol. The molecule has 0 spiro atoms. The van der Waals surface area contributed by atoms with Gasteiger partial charge in [-0.25, -0.2) is 14.8 Å². The molecule has 3 aromatic heterocycles. The molecule has 0 radical (unpaired) electrons. The largest absolute Gasteiger partial charge is 0.465 e. The second-order valence-electron chi connectivity index (χ2n) is 5.95. The average Bonchev–Trinajstić information content (AvgIpc) is 3.13. The Balaban J connectivity index is 1.85. The van der Waals surface area contributed by atoms with Crippen molar-refractivity contribution < 1.29 is 9.90 Å². The Morgan fingerprint density at radius 3 is 3.09 bits per heavy atom. The van der Waals surface area contributed by atoms with Crippen LogP contribution >= 0.6 is 0 Å². The highest BCUT2D eigenvalue weighted by Crippen LogP contribution is 2.33. The lowest BCUT2D eigenvalue weighted by atomic mass is 9.85. The normalized spacial score (nSPS) is 22.5. The second kappa shape index (κ2) is 4.72. The molecule has 2 atom stereocenters. The Hall–Kier alpha value is -2.57. The fraction of sp³-hybridized carbons (Fsp3) is 0.400. The van der Waals surface area contributed by atoms with E-state index in [1.165, 1.54) is 4.90 Å². The van der Waals surface area contributed by atoms with Gasteiger partial charge in [-0.05, 0) is 18.4 Å². The predicted molar refractivity (Wildman–Crippen MR) is 81.0 cm³/mol. The topological polar surface area (TPSA) is 86.5 Å². The Morgan fingerprint density at radius 1 is 1.41 bits per heavy atom. The van der Waals surface area contributed by atoms with Crippen LogP contribution < -0.4 is 0 Å². The van der Waals surface area contributed by atoms with Crippen LogP contribution in [0.25, 0.3) is 16.8 Å². The molecule has 1 fully saturated rings. The minimum absolute atomic E-state index is 0.139. The summed E-state index contributed by atoms with van der Waals surface area (Å²) in [5.74, 6) is 0.554. The molecular formula is C15H17N5O2. The molecule has 0 aliphatic carbocycles. The molecule has 114 valence electrons. The van der Waals surface area contributed by atoms with Crippen molar-refractivity contribution in [1.29, 1.82) is 0 Å². The van der Waals surface area contributed by atoms with Gasteiger partial charge < -0.3 is 15.0 Å². The third-order valence-corrected chi connectivity index (χ3v) is 4.68. The molecule has 7 heteroatoms. The van der Waals surface area contributed by atoms with E-state index in [4.69, 9.17) is 0 Å². The van der Waals surface area contributed by atoms with Crippen LogP contribution in [0.2, 0.25) is 0 Å². The summed E-state index contributed by atoms with van der Waals surface area (Å²) in [5.41, 5.74) is 3.64. The quantitative estimate of drug-likeness (QED) is 0.722. The van der Waals surface area contributed by atoms with Gasteiger partial charge in [-0.2, -0.15) is 0 Å². The fourth-order valence-corrected chi connectivity index (χ4v) is 3.38. The molecule has 2 N–H and O–H groups in total. The highest BCUT2D eigenvalue weighted by Gasteiger charge is 2.32. The number of aromatic nitrogens is 4. The molecule has 7 nitrogen and oxygen atoms in total. The monoisotopic (exact) mass is 299 g/mol. The fourth-order valence-electron chi connectivity index (χ4n) is 3.38. The number of imidazole rings is 1. The van der Waals surface area contributed by atoms with Crippen LogP contribution in [0.3, 0.4) is 0 Å². The van der Waals surface area contributed by atoms with E-state index in [1.54, 1.807) is 6.20 Å². The SMILES string of the molecule is CC1CCN(C(=O)O)CC1c1cnc2cnc3[nH]ccc3n12. The maximum atomic E-state index is 11.3. The second-order valence-corrected chi connectivity index (χ2v) is 5.95. The van der Waals surface area contributed by atoms with Crippen molar-refractivity contribution in [3.05, 3.63) is 30.4 Å². The van der Waals surface area contributed by atoms with Crippen LogP contribution in [0.1, 0.15) is 25.0 Å². The van der Waals surface area contributed by atoms with Crippen LogP contribution in [-0.4, -0.2) is 48.5 Å². The maximum Gasteiger partial charge on any atom is 0.407 e. The molecule has 1 amide bonds. The van der Waals surface area contributed by atoms with Gasteiger partial charge in [0, 0.05) is 37.1 Å². The van der Waals surface area contributed by atoms with E-state index in [-0.39, 0.29) is 5.92 Å². The minimum atomic E-state index is -0.848. The van der Waals surface area contributed by atoms with Gasteiger partial charge in [-0.1, -0.05) is 6.92 Å². The van der Waals surface area contributed by atoms with Crippen LogP contribution in [0, 0.1) is 5.92 Å². The highest BCUT2D eigenvalue weighted by atomic mass is 16.4. The van der Waals surface area contributed by atoms with Crippen molar-refractivity contribution in [3.63, 3.8) is 0 Å². The van der Waals surface area contributed by atoms with Crippen molar-refractivity contribution in [2.45, 2.75) is 19.3 Å². The van der Waals surface area contributed by atoms with Crippen molar-refractivity contribution in [2.24, 2.45) is 5.92 Å². The first-order valence-corrected chi connectivity index (χ1v) is 7.42. The van der Waals surface area contributed by atoms with E-state index >= 15 is 0 Å². The molecular weight excluding hydrogens is 282 g/mol. The van der Waals surface area contributed by atoms with Crippen LogP contribution in [0.4, 0.5) is 4.79 Å². The summed E-state index contributed by atoms with van der Waals surface area (Å²) >= 11 is 0. The van der Waals surface area contributed by atoms with Gasteiger partial charge in [0.05, 0.1) is 11.7 Å². The number of rotatable bonds is 1. The number of nitrogens with zero attached hydrogens (tertiary/aromatic N) is 4. The maximum absolute atomic E-state index is 11.3. The van der Waals surface area contributed by atoms with Crippen molar-refractivity contribution in [1.82, 2.24) is 24.3 Å². The number of hydrogen-bond acceptors (Lipinski definition) is 3. The lowest BCUT2D eigenvalue weighted by Gasteiger charge is -2.35. The predicted octanol–water partition coefficient (Wildman–Crippen LogP) is 2.31. The molecule has 0 saturated carbocycles. The molecule has 0 bridgehead atoms. The number of aromatic amines is 1. The van der Waals surface area contributed by atoms with Crippen molar-refractivity contribution >= 4 is 22.9 Å². The van der Waals surface area contributed by atoms with Gasteiger partial charge in [-0.3, -0.25) is 4.40 Å². The van der Waals surface area contributed by atoms with E-state index in [0.717, 1.165) is 28.9 Å². The summed E-state index contributed by atoms with van der Waals surface area (Å²) in [6.45, 7) is 3.29. The van der Waals surface area contributed by atoms with Gasteiger partial charge in [0.2, 0.25) is 0 Å². The van der Waals surface area contributed by atoms with Crippen LogP contribution in [0.15, 0.2) is 24.7 Å². The third-order valence-electron chi connectivity index (χ3n) is 4.68. The van der Waals surface area contributed by atoms with Gasteiger partial charge in [0.15, 0.2) is 11.3 Å². The zero-order chi connectivity index (χ0) is 15.3. The van der Waals surface area contributed by atoms with Gasteiger partial charge in [0.25, 0.3) is 0 Å². The number of likely N-dealkylation sites (tertiary alicyclic amines) is 1. The smallest absolute Gasteiger partial charge is 0.407 e. The first kappa shape index (κ1) is 13.1. The number of amides is 1. The number of piperidine rings is 1. The number of nitrogens with one attached hydrogen (secondary N) is 1. The number of hydrogen-bond donors (Lipinski definition) is 2. The van der Waals surface area contributed by atoms with Gasteiger partial charge in [-0.15, -0.1) is 0 Å². The molecule has 1 aliphatic rings. The zero-order valence-electron chi connectivity index (χ0n) is 12.2. The molecule has 4 heterocycles. The summed E-state index contributed by atoms with van der Waals surface area (Å²) in [5, 5.41) is 9.28. The molecule has 1 aliphatic heterocycles. The Kier molecular flexibility index (Phi) is 2.82. The molecule has 4 rings (SSSR count). The van der Waals surface area contributed by atoms with Crippen LogP contribution in [-0.2, 0) is 0 Å². The Morgan fingerprint density at radius 2 is 2.27 bits per heavy atom. The van der Waals surface area contributed by atoms with Crippen molar-refractivity contribution in [3.8, 4) is 0 Å². The first-order chi connectivity index (χ1) is 10.6. The van der Waals surface area contributed by atoms with Gasteiger partial charge in [0.1, 0.15) is 0 Å².